The Hall–Kier alpha value is -0.0400. The van der Waals surface area contributed by atoms with E-state index in [0.717, 1.165) is 12.8 Å². The molecule has 0 bridgehead atoms. The molecule has 0 unspecified atom stereocenters. The minimum absolute atomic E-state index is 0.0141. The largest absolute Gasteiger partial charge is 0.393 e. The maximum atomic E-state index is 9.28. The molecule has 1 N–H and O–H groups in total. The zero-order chi connectivity index (χ0) is 8.65. The first-order valence-corrected chi connectivity index (χ1v) is 4.67. The highest BCUT2D eigenvalue weighted by Crippen LogP contribution is 2.52. The Morgan fingerprint density at radius 3 is 1.55 bits per heavy atom. The average Bonchev–Trinajstić information content (AvgIpc) is 1.78. The first kappa shape index (κ1) is 9.05. The van der Waals surface area contributed by atoms with Crippen molar-refractivity contribution in [3.63, 3.8) is 0 Å². The predicted octanol–water partition coefficient (Wildman–Crippen LogP) is 2.44. The van der Waals surface area contributed by atoms with E-state index in [1.807, 2.05) is 0 Å². The molecule has 0 aromatic carbocycles. The second-order valence-corrected chi connectivity index (χ2v) is 4.60. The number of aliphatic hydroxyl groups excluding tert-OH is 1. The molecule has 0 radical (unpaired) electrons. The first-order valence-electron chi connectivity index (χ1n) is 4.67. The van der Waals surface area contributed by atoms with Crippen LogP contribution in [0.1, 0.15) is 40.5 Å². The highest BCUT2D eigenvalue weighted by molar-refractivity contribution is 4.97. The van der Waals surface area contributed by atoms with Gasteiger partial charge in [0.15, 0.2) is 0 Å². The lowest BCUT2D eigenvalue weighted by atomic mass is 9.55. The summed E-state index contributed by atoms with van der Waals surface area (Å²) in [6, 6.07) is 0. The van der Waals surface area contributed by atoms with Crippen molar-refractivity contribution in [1.82, 2.24) is 0 Å². The van der Waals surface area contributed by atoms with E-state index in [0.29, 0.717) is 17.3 Å². The minimum Gasteiger partial charge on any atom is -0.393 e. The van der Waals surface area contributed by atoms with E-state index in [9.17, 15) is 5.11 Å². The van der Waals surface area contributed by atoms with Gasteiger partial charge < -0.3 is 5.11 Å². The van der Waals surface area contributed by atoms with Crippen molar-refractivity contribution >= 4 is 0 Å². The van der Waals surface area contributed by atoms with Gasteiger partial charge in [0, 0.05) is 0 Å². The van der Waals surface area contributed by atoms with E-state index in [2.05, 4.69) is 27.7 Å². The summed E-state index contributed by atoms with van der Waals surface area (Å²) in [5, 5.41) is 9.28. The third-order valence-electron chi connectivity index (χ3n) is 3.53. The average molecular weight is 156 g/mol. The molecule has 0 aromatic rings. The van der Waals surface area contributed by atoms with Crippen LogP contribution in [-0.4, -0.2) is 11.2 Å². The van der Waals surface area contributed by atoms with Crippen molar-refractivity contribution < 1.29 is 5.11 Å². The van der Waals surface area contributed by atoms with Gasteiger partial charge in [0.05, 0.1) is 6.10 Å². The van der Waals surface area contributed by atoms with Crippen LogP contribution in [0.25, 0.3) is 0 Å². The molecule has 1 aliphatic carbocycles. The monoisotopic (exact) mass is 156 g/mol. The molecule has 0 aromatic heterocycles. The van der Waals surface area contributed by atoms with Crippen LogP contribution < -0.4 is 0 Å². The first-order chi connectivity index (χ1) is 4.99. The number of aliphatic hydroxyl groups is 1. The lowest BCUT2D eigenvalue weighted by Crippen LogP contribution is -2.48. The SMILES string of the molecule is CC(C)C1(C(C)C)CC(O)C1. The van der Waals surface area contributed by atoms with Crippen molar-refractivity contribution in [2.45, 2.75) is 46.6 Å². The third kappa shape index (κ3) is 1.31. The van der Waals surface area contributed by atoms with Gasteiger partial charge in [-0.1, -0.05) is 27.7 Å². The predicted molar refractivity (Wildman–Crippen MR) is 47.3 cm³/mol. The molecule has 66 valence electrons. The normalized spacial score (nSPS) is 24.3. The third-order valence-corrected chi connectivity index (χ3v) is 3.53. The van der Waals surface area contributed by atoms with E-state index in [4.69, 9.17) is 0 Å². The second kappa shape index (κ2) is 2.78. The molecule has 1 aliphatic rings. The van der Waals surface area contributed by atoms with E-state index in [1.165, 1.54) is 0 Å². The molecular formula is C10H20O. The number of hydrogen-bond acceptors (Lipinski definition) is 1. The fourth-order valence-electron chi connectivity index (χ4n) is 2.43. The molecule has 1 fully saturated rings. The van der Waals surface area contributed by atoms with Gasteiger partial charge in [-0.25, -0.2) is 0 Å². The minimum atomic E-state index is -0.0141. The number of rotatable bonds is 2. The molecule has 0 heterocycles. The molecule has 1 saturated carbocycles. The quantitative estimate of drug-likeness (QED) is 0.651. The molecule has 1 nitrogen and oxygen atoms in total. The Morgan fingerprint density at radius 1 is 1.09 bits per heavy atom. The highest BCUT2D eigenvalue weighted by atomic mass is 16.3. The molecule has 1 heteroatoms. The molecule has 0 amide bonds. The van der Waals surface area contributed by atoms with Crippen molar-refractivity contribution in [2.24, 2.45) is 17.3 Å². The van der Waals surface area contributed by atoms with E-state index in [-0.39, 0.29) is 6.10 Å². The summed E-state index contributed by atoms with van der Waals surface area (Å²) in [7, 11) is 0. The molecule has 0 spiro atoms. The summed E-state index contributed by atoms with van der Waals surface area (Å²) in [4.78, 5) is 0. The molecule has 0 atom stereocenters. The number of hydrogen-bond donors (Lipinski definition) is 1. The van der Waals surface area contributed by atoms with Gasteiger partial charge in [0.25, 0.3) is 0 Å². The lowest BCUT2D eigenvalue weighted by molar-refractivity contribution is -0.0916. The summed E-state index contributed by atoms with van der Waals surface area (Å²) in [5.74, 6) is 1.43. The van der Waals surface area contributed by atoms with Gasteiger partial charge >= 0.3 is 0 Å². The van der Waals surface area contributed by atoms with Gasteiger partial charge in [-0.3, -0.25) is 0 Å². The Bertz CT molecular complexity index is 122. The summed E-state index contributed by atoms with van der Waals surface area (Å²) >= 11 is 0. The van der Waals surface area contributed by atoms with Crippen molar-refractivity contribution in [1.29, 1.82) is 0 Å². The Balaban J connectivity index is 2.61. The van der Waals surface area contributed by atoms with Gasteiger partial charge in [-0.2, -0.15) is 0 Å². The Morgan fingerprint density at radius 2 is 1.45 bits per heavy atom. The second-order valence-electron chi connectivity index (χ2n) is 4.60. The highest BCUT2D eigenvalue weighted by Gasteiger charge is 2.47. The zero-order valence-corrected chi connectivity index (χ0v) is 8.09. The van der Waals surface area contributed by atoms with Crippen molar-refractivity contribution in [2.75, 3.05) is 0 Å². The van der Waals surface area contributed by atoms with Crippen LogP contribution in [0.4, 0.5) is 0 Å². The Kier molecular flexibility index (Phi) is 2.29. The molecule has 0 saturated heterocycles. The maximum absolute atomic E-state index is 9.28. The zero-order valence-electron chi connectivity index (χ0n) is 8.09. The van der Waals surface area contributed by atoms with Crippen LogP contribution in [0.15, 0.2) is 0 Å². The fraction of sp³-hybridized carbons (Fsp3) is 1.00. The molecule has 0 aliphatic heterocycles. The van der Waals surface area contributed by atoms with Gasteiger partial charge in [-0.15, -0.1) is 0 Å². The summed E-state index contributed by atoms with van der Waals surface area (Å²) in [5.41, 5.74) is 0.444. The summed E-state index contributed by atoms with van der Waals surface area (Å²) < 4.78 is 0. The standard InChI is InChI=1S/C10H20O/c1-7(2)10(8(3)4)5-9(11)6-10/h7-9,11H,5-6H2,1-4H3. The summed E-state index contributed by atoms with van der Waals surface area (Å²) in [6.07, 6.45) is 2.02. The van der Waals surface area contributed by atoms with E-state index in [1.54, 1.807) is 0 Å². The fourth-order valence-corrected chi connectivity index (χ4v) is 2.43. The lowest BCUT2D eigenvalue weighted by Gasteiger charge is -2.52. The van der Waals surface area contributed by atoms with E-state index < -0.39 is 0 Å². The Labute approximate surface area is 69.8 Å². The van der Waals surface area contributed by atoms with E-state index >= 15 is 0 Å². The van der Waals surface area contributed by atoms with Crippen molar-refractivity contribution in [3.8, 4) is 0 Å². The van der Waals surface area contributed by atoms with Crippen LogP contribution in [0.3, 0.4) is 0 Å². The van der Waals surface area contributed by atoms with Crippen LogP contribution in [-0.2, 0) is 0 Å². The van der Waals surface area contributed by atoms with Gasteiger partial charge in [0.2, 0.25) is 0 Å². The van der Waals surface area contributed by atoms with Gasteiger partial charge in [0.1, 0.15) is 0 Å². The molecule has 11 heavy (non-hydrogen) atoms. The van der Waals surface area contributed by atoms with Crippen LogP contribution in [0.5, 0.6) is 0 Å². The smallest absolute Gasteiger partial charge is 0.0551 e. The topological polar surface area (TPSA) is 20.2 Å². The summed E-state index contributed by atoms with van der Waals surface area (Å²) in [6.45, 7) is 9.08. The van der Waals surface area contributed by atoms with Crippen molar-refractivity contribution in [3.05, 3.63) is 0 Å². The van der Waals surface area contributed by atoms with Crippen LogP contribution in [0.2, 0.25) is 0 Å². The van der Waals surface area contributed by atoms with Gasteiger partial charge in [-0.05, 0) is 30.1 Å². The molecular weight excluding hydrogens is 136 g/mol. The molecule has 1 rings (SSSR count). The van der Waals surface area contributed by atoms with Crippen LogP contribution in [0, 0.1) is 17.3 Å². The van der Waals surface area contributed by atoms with Crippen LogP contribution >= 0.6 is 0 Å². The maximum Gasteiger partial charge on any atom is 0.0551 e.